The van der Waals surface area contributed by atoms with Crippen LogP contribution >= 0.6 is 22.9 Å². The van der Waals surface area contributed by atoms with Crippen molar-refractivity contribution >= 4 is 34.5 Å². The zero-order valence-corrected chi connectivity index (χ0v) is 12.5. The van der Waals surface area contributed by atoms with E-state index in [0.717, 1.165) is 0 Å². The van der Waals surface area contributed by atoms with Crippen LogP contribution in [0.5, 0.6) is 0 Å². The van der Waals surface area contributed by atoms with Crippen LogP contribution in [0.25, 0.3) is 0 Å². The second-order valence-electron chi connectivity index (χ2n) is 4.94. The van der Waals surface area contributed by atoms with Crippen LogP contribution in [0, 0.1) is 0 Å². The molecule has 5 heteroatoms. The number of nitrogens with one attached hydrogen (secondary N) is 1. The summed E-state index contributed by atoms with van der Waals surface area (Å²) in [4.78, 5) is 14.8. The van der Waals surface area contributed by atoms with Gasteiger partial charge in [-0.2, -0.15) is 0 Å². The summed E-state index contributed by atoms with van der Waals surface area (Å²) < 4.78 is 0. The van der Waals surface area contributed by atoms with E-state index in [-0.39, 0.29) is 5.91 Å². The number of aryl methyl sites for hydroxylation is 2. The van der Waals surface area contributed by atoms with Crippen molar-refractivity contribution in [2.45, 2.75) is 25.8 Å². The molecule has 104 valence electrons. The number of fused-ring (bicyclic) bond motifs is 1. The van der Waals surface area contributed by atoms with Gasteiger partial charge in [-0.15, -0.1) is 11.3 Å². The topological polar surface area (TPSA) is 55.1 Å². The Morgan fingerprint density at radius 2 is 2.20 bits per heavy atom. The normalized spacial score (nSPS) is 13.2. The summed E-state index contributed by atoms with van der Waals surface area (Å²) in [6.45, 7) is 0.553. The zero-order chi connectivity index (χ0) is 14.1. The van der Waals surface area contributed by atoms with Gasteiger partial charge >= 0.3 is 0 Å². The summed E-state index contributed by atoms with van der Waals surface area (Å²) in [5, 5.41) is 3.30. The van der Waals surface area contributed by atoms with E-state index >= 15 is 0 Å². The summed E-state index contributed by atoms with van der Waals surface area (Å²) in [6.07, 6.45) is 3.61. The molecule has 0 saturated carbocycles. The third kappa shape index (κ3) is 2.67. The Balaban J connectivity index is 1.66. The van der Waals surface area contributed by atoms with Crippen molar-refractivity contribution in [2.75, 3.05) is 5.73 Å². The number of amides is 1. The van der Waals surface area contributed by atoms with Gasteiger partial charge in [0.15, 0.2) is 0 Å². The largest absolute Gasteiger partial charge is 0.399 e. The molecule has 1 aliphatic carbocycles. The van der Waals surface area contributed by atoms with Crippen LogP contribution in [0.1, 0.15) is 32.1 Å². The average molecular weight is 307 g/mol. The molecule has 1 heterocycles. The number of hydrogen-bond donors (Lipinski definition) is 2. The van der Waals surface area contributed by atoms with Gasteiger partial charge in [-0.3, -0.25) is 4.79 Å². The third-order valence-corrected chi connectivity index (χ3v) is 5.01. The smallest absolute Gasteiger partial charge is 0.253 e. The molecule has 3 rings (SSSR count). The predicted molar refractivity (Wildman–Crippen MR) is 83.4 cm³/mol. The van der Waals surface area contributed by atoms with Gasteiger partial charge in [0.2, 0.25) is 0 Å². The third-order valence-electron chi connectivity index (χ3n) is 3.46. The molecule has 3 nitrogen and oxygen atoms in total. The Hall–Kier alpha value is -1.52. The highest BCUT2D eigenvalue weighted by Gasteiger charge is 2.16. The van der Waals surface area contributed by atoms with Gasteiger partial charge < -0.3 is 11.1 Å². The highest BCUT2D eigenvalue weighted by Crippen LogP contribution is 2.30. The lowest BCUT2D eigenvalue weighted by Gasteiger charge is -2.06. The highest BCUT2D eigenvalue weighted by molar-refractivity contribution is 7.12. The number of rotatable bonds is 3. The Kier molecular flexibility index (Phi) is 3.68. The molecule has 0 radical (unpaired) electrons. The Morgan fingerprint density at radius 3 is 2.95 bits per heavy atom. The fourth-order valence-corrected chi connectivity index (χ4v) is 3.93. The van der Waals surface area contributed by atoms with Crippen LogP contribution in [0.4, 0.5) is 5.69 Å². The number of anilines is 1. The molecule has 1 aromatic carbocycles. The Bertz CT molecular complexity index is 644. The number of halogens is 1. The second kappa shape index (κ2) is 5.46. The molecule has 0 saturated heterocycles. The van der Waals surface area contributed by atoms with E-state index in [1.54, 1.807) is 29.5 Å². The summed E-state index contributed by atoms with van der Waals surface area (Å²) in [7, 11) is 0. The highest BCUT2D eigenvalue weighted by atomic mass is 35.5. The standard InChI is InChI=1S/C15H15ClN2OS/c16-13-7-10(17)4-5-12(13)15(19)18-8-11-6-9-2-1-3-14(9)20-11/h4-7H,1-3,8,17H2,(H,18,19). The van der Waals surface area contributed by atoms with Crippen molar-refractivity contribution in [3.63, 3.8) is 0 Å². The van der Waals surface area contributed by atoms with E-state index < -0.39 is 0 Å². The first-order valence-corrected chi connectivity index (χ1v) is 7.76. The maximum Gasteiger partial charge on any atom is 0.253 e. The summed E-state index contributed by atoms with van der Waals surface area (Å²) in [5.74, 6) is -0.163. The van der Waals surface area contributed by atoms with Crippen molar-refractivity contribution in [3.05, 3.63) is 50.2 Å². The summed E-state index contributed by atoms with van der Waals surface area (Å²) in [6, 6.07) is 7.13. The minimum atomic E-state index is -0.163. The summed E-state index contributed by atoms with van der Waals surface area (Å²) >= 11 is 7.83. The molecular weight excluding hydrogens is 292 g/mol. The van der Waals surface area contributed by atoms with Gasteiger partial charge in [0.25, 0.3) is 5.91 Å². The lowest BCUT2D eigenvalue weighted by atomic mass is 10.2. The minimum absolute atomic E-state index is 0.163. The van der Waals surface area contributed by atoms with E-state index in [1.165, 1.54) is 34.6 Å². The van der Waals surface area contributed by atoms with Crippen molar-refractivity contribution in [1.29, 1.82) is 0 Å². The van der Waals surface area contributed by atoms with Crippen LogP contribution in [-0.2, 0) is 19.4 Å². The number of carbonyl (C=O) groups is 1. The SMILES string of the molecule is Nc1ccc(C(=O)NCc2cc3c(s2)CCC3)c(Cl)c1. The first kappa shape index (κ1) is 13.5. The molecule has 0 fully saturated rings. The van der Waals surface area contributed by atoms with Crippen molar-refractivity contribution in [3.8, 4) is 0 Å². The van der Waals surface area contributed by atoms with Crippen LogP contribution in [-0.4, -0.2) is 5.91 Å². The number of benzene rings is 1. The van der Waals surface area contributed by atoms with Gasteiger partial charge in [0.1, 0.15) is 0 Å². The number of nitrogens with two attached hydrogens (primary N) is 1. The van der Waals surface area contributed by atoms with Crippen molar-refractivity contribution in [2.24, 2.45) is 0 Å². The summed E-state index contributed by atoms with van der Waals surface area (Å²) in [5.41, 5.74) is 8.09. The van der Waals surface area contributed by atoms with Crippen LogP contribution < -0.4 is 11.1 Å². The maximum atomic E-state index is 12.1. The number of thiophene rings is 1. The van der Waals surface area contributed by atoms with E-state index in [9.17, 15) is 4.79 Å². The molecule has 3 N–H and O–H groups in total. The first-order chi connectivity index (χ1) is 9.63. The molecule has 2 aromatic rings. The fourth-order valence-electron chi connectivity index (χ4n) is 2.46. The van der Waals surface area contributed by atoms with Gasteiger partial charge in [0, 0.05) is 15.4 Å². The van der Waals surface area contributed by atoms with Crippen LogP contribution in [0.15, 0.2) is 24.3 Å². The number of hydrogen-bond acceptors (Lipinski definition) is 3. The second-order valence-corrected chi connectivity index (χ2v) is 6.57. The van der Waals surface area contributed by atoms with Crippen LogP contribution in [0.3, 0.4) is 0 Å². The molecule has 0 unspecified atom stereocenters. The van der Waals surface area contributed by atoms with Gasteiger partial charge in [0.05, 0.1) is 17.1 Å². The molecule has 0 bridgehead atoms. The van der Waals surface area contributed by atoms with Crippen molar-refractivity contribution < 1.29 is 4.79 Å². The molecular formula is C15H15ClN2OS. The first-order valence-electron chi connectivity index (χ1n) is 6.57. The molecule has 1 aliphatic rings. The zero-order valence-electron chi connectivity index (χ0n) is 10.9. The quantitative estimate of drug-likeness (QED) is 0.854. The molecule has 0 aliphatic heterocycles. The van der Waals surface area contributed by atoms with Gasteiger partial charge in [-0.05, 0) is 49.1 Å². The lowest BCUT2D eigenvalue weighted by Crippen LogP contribution is -2.22. The predicted octanol–water partition coefficient (Wildman–Crippen LogP) is 3.40. The van der Waals surface area contributed by atoms with Gasteiger partial charge in [-0.25, -0.2) is 0 Å². The lowest BCUT2D eigenvalue weighted by molar-refractivity contribution is 0.0951. The number of nitrogen functional groups attached to an aromatic ring is 1. The van der Waals surface area contributed by atoms with E-state index in [1.807, 2.05) is 0 Å². The Morgan fingerprint density at radius 1 is 1.35 bits per heavy atom. The van der Waals surface area contributed by atoms with E-state index in [0.29, 0.717) is 22.8 Å². The van der Waals surface area contributed by atoms with Crippen molar-refractivity contribution in [1.82, 2.24) is 5.32 Å². The van der Waals surface area contributed by atoms with Gasteiger partial charge in [-0.1, -0.05) is 11.6 Å². The minimum Gasteiger partial charge on any atom is -0.399 e. The average Bonchev–Trinajstić information content (AvgIpc) is 2.96. The fraction of sp³-hybridized carbons (Fsp3) is 0.267. The number of carbonyl (C=O) groups excluding carboxylic acids is 1. The Labute approximate surface area is 126 Å². The van der Waals surface area contributed by atoms with E-state index in [4.69, 9.17) is 17.3 Å². The molecule has 0 atom stereocenters. The van der Waals surface area contributed by atoms with Crippen LogP contribution in [0.2, 0.25) is 5.02 Å². The van der Waals surface area contributed by atoms with E-state index in [2.05, 4.69) is 11.4 Å². The monoisotopic (exact) mass is 306 g/mol. The molecule has 1 amide bonds. The molecule has 1 aromatic heterocycles. The maximum absolute atomic E-state index is 12.1. The molecule has 0 spiro atoms. The molecule has 20 heavy (non-hydrogen) atoms.